The molecular formula is C44H28N6. The molecule has 0 radical (unpaired) electrons. The normalized spacial score (nSPS) is 11.6. The molecule has 234 valence electrons. The number of aromatic nitrogens is 6. The molecule has 6 nitrogen and oxygen atoms in total. The molecular weight excluding hydrogens is 613 g/mol. The second-order valence-electron chi connectivity index (χ2n) is 12.3. The molecule has 50 heavy (non-hydrogen) atoms. The van der Waals surface area contributed by atoms with Gasteiger partial charge in [-0.15, -0.1) is 0 Å². The number of hydrogen-bond acceptors (Lipinski definition) is 4. The van der Waals surface area contributed by atoms with Crippen LogP contribution in [-0.4, -0.2) is 29.1 Å². The molecule has 10 rings (SSSR count). The molecule has 6 aromatic carbocycles. The number of para-hydroxylation sites is 4. The summed E-state index contributed by atoms with van der Waals surface area (Å²) in [7, 11) is 0. The van der Waals surface area contributed by atoms with Crippen LogP contribution in [0.2, 0.25) is 0 Å². The summed E-state index contributed by atoms with van der Waals surface area (Å²) >= 11 is 0. The second-order valence-corrected chi connectivity index (χ2v) is 12.3. The lowest BCUT2D eigenvalue weighted by atomic mass is 10.0. The maximum atomic E-state index is 5.18. The molecule has 0 aliphatic carbocycles. The number of fused-ring (bicyclic) bond motifs is 6. The second kappa shape index (κ2) is 11.4. The van der Waals surface area contributed by atoms with Crippen LogP contribution in [0.1, 0.15) is 0 Å². The molecule has 0 unspecified atom stereocenters. The molecule has 0 aliphatic heterocycles. The van der Waals surface area contributed by atoms with Crippen molar-refractivity contribution in [2.75, 3.05) is 0 Å². The van der Waals surface area contributed by atoms with Crippen LogP contribution < -0.4 is 0 Å². The van der Waals surface area contributed by atoms with Crippen LogP contribution in [0.25, 0.3) is 89.3 Å². The van der Waals surface area contributed by atoms with Gasteiger partial charge in [-0.3, -0.25) is 9.55 Å². The Morgan fingerprint density at radius 2 is 0.900 bits per heavy atom. The summed E-state index contributed by atoms with van der Waals surface area (Å²) in [6, 6.07) is 56.4. The Labute approximate surface area is 287 Å². The zero-order valence-electron chi connectivity index (χ0n) is 26.8. The van der Waals surface area contributed by atoms with Gasteiger partial charge in [0.05, 0.1) is 27.8 Å². The van der Waals surface area contributed by atoms with E-state index in [0.29, 0.717) is 17.6 Å². The molecule has 0 saturated heterocycles. The van der Waals surface area contributed by atoms with Gasteiger partial charge < -0.3 is 4.57 Å². The Balaban J connectivity index is 1.34. The molecule has 0 amide bonds. The Morgan fingerprint density at radius 1 is 0.380 bits per heavy atom. The third-order valence-corrected chi connectivity index (χ3v) is 9.43. The first-order valence-electron chi connectivity index (χ1n) is 16.7. The van der Waals surface area contributed by atoms with Gasteiger partial charge >= 0.3 is 0 Å². The van der Waals surface area contributed by atoms with E-state index in [1.165, 1.54) is 5.39 Å². The molecule has 0 aliphatic rings. The zero-order valence-corrected chi connectivity index (χ0v) is 26.8. The standard InChI is InChI=1S/C44H28N6/c1-4-15-29(16-5-1)42-46-43(30-17-6-2-7-18-30)48-44(47-42)50-38-26-13-11-21-32(38)34-23-14-24-36(40(34)50)39-41-35(27-28-45-39)33-22-10-12-25-37(33)49(41)31-19-8-3-9-20-31/h1-28H. The van der Waals surface area contributed by atoms with Crippen LogP contribution in [-0.2, 0) is 0 Å². The molecule has 0 fully saturated rings. The Hall–Kier alpha value is -6.92. The molecule has 0 atom stereocenters. The van der Waals surface area contributed by atoms with Crippen molar-refractivity contribution in [1.82, 2.24) is 29.1 Å². The van der Waals surface area contributed by atoms with Crippen molar-refractivity contribution in [1.29, 1.82) is 0 Å². The SMILES string of the molecule is c1ccc(-c2nc(-c3ccccc3)nc(-n3c4ccccc4c4cccc(-c5nccc6c7ccccc7n(-c7ccccc7)c56)c43)n2)cc1. The van der Waals surface area contributed by atoms with E-state index in [2.05, 4.69) is 112 Å². The Bertz CT molecular complexity index is 2800. The Kier molecular flexibility index (Phi) is 6.39. The van der Waals surface area contributed by atoms with Crippen molar-refractivity contribution in [3.8, 4) is 45.7 Å². The van der Waals surface area contributed by atoms with Gasteiger partial charge in [-0.2, -0.15) is 9.97 Å². The summed E-state index contributed by atoms with van der Waals surface area (Å²) in [6.45, 7) is 0. The van der Waals surface area contributed by atoms with E-state index < -0.39 is 0 Å². The average molecular weight is 641 g/mol. The van der Waals surface area contributed by atoms with Gasteiger partial charge in [-0.25, -0.2) is 4.98 Å². The highest BCUT2D eigenvalue weighted by molar-refractivity contribution is 6.18. The zero-order chi connectivity index (χ0) is 33.0. The summed E-state index contributed by atoms with van der Waals surface area (Å²) in [6.07, 6.45) is 1.93. The molecule has 0 spiro atoms. The highest BCUT2D eigenvalue weighted by Gasteiger charge is 2.23. The summed E-state index contributed by atoms with van der Waals surface area (Å²) in [4.78, 5) is 20.5. The Morgan fingerprint density at radius 3 is 1.54 bits per heavy atom. The first-order chi connectivity index (χ1) is 24.8. The van der Waals surface area contributed by atoms with E-state index in [4.69, 9.17) is 19.9 Å². The van der Waals surface area contributed by atoms with Crippen molar-refractivity contribution in [2.24, 2.45) is 0 Å². The van der Waals surface area contributed by atoms with E-state index >= 15 is 0 Å². The lowest BCUT2D eigenvalue weighted by molar-refractivity contribution is 0.953. The first-order valence-corrected chi connectivity index (χ1v) is 16.7. The molecule has 0 saturated carbocycles. The van der Waals surface area contributed by atoms with E-state index in [9.17, 15) is 0 Å². The van der Waals surface area contributed by atoms with E-state index in [1.54, 1.807) is 0 Å². The van der Waals surface area contributed by atoms with Crippen LogP contribution in [0.3, 0.4) is 0 Å². The smallest absolute Gasteiger partial charge is 0.238 e. The van der Waals surface area contributed by atoms with Crippen LogP contribution in [0, 0.1) is 0 Å². The fraction of sp³-hybridized carbons (Fsp3) is 0. The molecule has 0 N–H and O–H groups in total. The molecule has 6 heteroatoms. The van der Waals surface area contributed by atoms with Crippen LogP contribution in [0.15, 0.2) is 170 Å². The van der Waals surface area contributed by atoms with Gasteiger partial charge in [0.15, 0.2) is 11.6 Å². The third kappa shape index (κ3) is 4.36. The molecule has 0 bridgehead atoms. The van der Waals surface area contributed by atoms with Crippen molar-refractivity contribution in [2.45, 2.75) is 0 Å². The number of rotatable bonds is 5. The minimum atomic E-state index is 0.548. The van der Waals surface area contributed by atoms with Crippen molar-refractivity contribution >= 4 is 43.6 Å². The lowest BCUT2D eigenvalue weighted by Gasteiger charge is -2.14. The van der Waals surface area contributed by atoms with Crippen molar-refractivity contribution in [3.63, 3.8) is 0 Å². The minimum absolute atomic E-state index is 0.548. The molecule has 4 aromatic heterocycles. The quantitative estimate of drug-likeness (QED) is 0.188. The topological polar surface area (TPSA) is 61.4 Å². The summed E-state index contributed by atoms with van der Waals surface area (Å²) in [5.74, 6) is 1.77. The number of hydrogen-bond donors (Lipinski definition) is 0. The van der Waals surface area contributed by atoms with Gasteiger partial charge in [0.2, 0.25) is 5.95 Å². The van der Waals surface area contributed by atoms with Gasteiger partial charge in [0.1, 0.15) is 0 Å². The predicted octanol–water partition coefficient (Wildman–Crippen LogP) is 10.5. The maximum absolute atomic E-state index is 5.18. The third-order valence-electron chi connectivity index (χ3n) is 9.43. The van der Waals surface area contributed by atoms with Gasteiger partial charge in [-0.1, -0.05) is 133 Å². The maximum Gasteiger partial charge on any atom is 0.238 e. The summed E-state index contributed by atoms with van der Waals surface area (Å²) < 4.78 is 4.53. The first kappa shape index (κ1) is 28.1. The largest absolute Gasteiger partial charge is 0.307 e. The van der Waals surface area contributed by atoms with Gasteiger partial charge in [-0.05, 0) is 30.3 Å². The van der Waals surface area contributed by atoms with Gasteiger partial charge in [0, 0.05) is 50.1 Å². The fourth-order valence-corrected chi connectivity index (χ4v) is 7.27. The minimum Gasteiger partial charge on any atom is -0.307 e. The van der Waals surface area contributed by atoms with Gasteiger partial charge in [0.25, 0.3) is 0 Å². The van der Waals surface area contributed by atoms with Crippen LogP contribution >= 0.6 is 0 Å². The predicted molar refractivity (Wildman–Crippen MR) is 203 cm³/mol. The van der Waals surface area contributed by atoms with E-state index in [-0.39, 0.29) is 0 Å². The number of nitrogens with zero attached hydrogens (tertiary/aromatic N) is 6. The lowest BCUT2D eigenvalue weighted by Crippen LogP contribution is -2.07. The van der Waals surface area contributed by atoms with Crippen molar-refractivity contribution < 1.29 is 0 Å². The number of benzene rings is 6. The van der Waals surface area contributed by atoms with Crippen molar-refractivity contribution in [3.05, 3.63) is 170 Å². The van der Waals surface area contributed by atoms with Crippen LogP contribution in [0.5, 0.6) is 0 Å². The van der Waals surface area contributed by atoms with E-state index in [0.717, 1.165) is 66.3 Å². The fourth-order valence-electron chi connectivity index (χ4n) is 7.27. The van der Waals surface area contributed by atoms with E-state index in [1.807, 2.05) is 66.9 Å². The average Bonchev–Trinajstić information content (AvgIpc) is 3.72. The summed E-state index contributed by atoms with van der Waals surface area (Å²) in [5, 5.41) is 4.54. The molecule has 10 aromatic rings. The highest BCUT2D eigenvalue weighted by Crippen LogP contribution is 2.42. The molecule has 4 heterocycles. The van der Waals surface area contributed by atoms with Crippen LogP contribution in [0.4, 0.5) is 0 Å². The number of pyridine rings is 1. The summed E-state index contributed by atoms with van der Waals surface area (Å²) in [5.41, 5.74) is 8.99. The monoisotopic (exact) mass is 640 g/mol. The highest BCUT2D eigenvalue weighted by atomic mass is 15.2.